The molecule has 11 nitrogen and oxygen atoms in total. The van der Waals surface area contributed by atoms with Gasteiger partial charge in [-0.25, -0.2) is 36.2 Å². The number of rotatable bonds is 4. The maximum Gasteiger partial charge on any atom is 0.251 e. The van der Waals surface area contributed by atoms with E-state index in [2.05, 4.69) is 46.9 Å². The van der Waals surface area contributed by atoms with E-state index in [-0.39, 0.29) is 34.6 Å². The summed E-state index contributed by atoms with van der Waals surface area (Å²) in [4.78, 5) is 13.1. The third kappa shape index (κ3) is 6.37. The van der Waals surface area contributed by atoms with E-state index in [1.807, 2.05) is 0 Å². The molecule has 0 atom stereocenters. The second kappa shape index (κ2) is 10.9. The largest absolute Gasteiger partial charge is 0.369 e. The van der Waals surface area contributed by atoms with Crippen LogP contribution in [0.5, 0.6) is 0 Å². The average molecular weight is 548 g/mol. The molecule has 36 heavy (non-hydrogen) atoms. The minimum atomic E-state index is -3.64. The van der Waals surface area contributed by atoms with Crippen molar-refractivity contribution in [1.29, 1.82) is 0 Å². The van der Waals surface area contributed by atoms with Gasteiger partial charge in [0.25, 0.3) is 10.0 Å². The number of thiazole rings is 1. The molecular weight excluding hydrogens is 522 g/mol. The summed E-state index contributed by atoms with van der Waals surface area (Å²) < 4.78 is 55.3. The van der Waals surface area contributed by atoms with Crippen molar-refractivity contribution in [3.8, 4) is 11.8 Å². The molecule has 0 unspecified atom stereocenters. The first-order chi connectivity index (χ1) is 17.1. The molecule has 1 aliphatic heterocycles. The monoisotopic (exact) mass is 547 g/mol. The summed E-state index contributed by atoms with van der Waals surface area (Å²) in [7, 11) is -7.26. The highest BCUT2D eigenvalue weighted by Crippen LogP contribution is 2.23. The molecule has 4 N–H and O–H groups in total. The average Bonchev–Trinajstić information content (AvgIpc) is 3.18. The molecule has 4 rings (SSSR count). The molecule has 2 aromatic heterocycles. The number of fused-ring (bicyclic) bond motifs is 4. The van der Waals surface area contributed by atoms with Gasteiger partial charge in [0.1, 0.15) is 5.82 Å². The zero-order valence-electron chi connectivity index (χ0n) is 19.6. The van der Waals surface area contributed by atoms with E-state index in [9.17, 15) is 16.8 Å². The Kier molecular flexibility index (Phi) is 7.86. The van der Waals surface area contributed by atoms with Gasteiger partial charge in [-0.2, -0.15) is 4.98 Å². The van der Waals surface area contributed by atoms with Crippen molar-refractivity contribution in [3.63, 3.8) is 0 Å². The SMILES string of the molecule is Cc1nc(C)c(S(=O)(=O)NCCC#Cc2cnc3nc2NCCCNS(=O)(=O)c2cccc(c2)N3)s1. The molecule has 0 saturated heterocycles. The van der Waals surface area contributed by atoms with Crippen LogP contribution in [0.4, 0.5) is 17.5 Å². The van der Waals surface area contributed by atoms with Gasteiger partial charge in [0.15, 0.2) is 4.21 Å². The van der Waals surface area contributed by atoms with Gasteiger partial charge >= 0.3 is 0 Å². The fraction of sp³-hybridized carbons (Fsp3) is 0.318. The summed E-state index contributed by atoms with van der Waals surface area (Å²) in [5.74, 6) is 6.72. The van der Waals surface area contributed by atoms with Gasteiger partial charge in [-0.15, -0.1) is 11.3 Å². The van der Waals surface area contributed by atoms with Crippen molar-refractivity contribution < 1.29 is 16.8 Å². The van der Waals surface area contributed by atoms with Crippen LogP contribution in [0, 0.1) is 25.7 Å². The van der Waals surface area contributed by atoms with Crippen molar-refractivity contribution in [3.05, 3.63) is 46.7 Å². The number of sulfonamides is 2. The second-order valence-electron chi connectivity index (χ2n) is 7.84. The number of aryl methyl sites for hydroxylation is 2. The number of hydrogen-bond acceptors (Lipinski definition) is 10. The molecule has 0 aliphatic carbocycles. The Labute approximate surface area is 214 Å². The van der Waals surface area contributed by atoms with Gasteiger partial charge in [-0.1, -0.05) is 17.9 Å². The molecule has 0 fully saturated rings. The van der Waals surface area contributed by atoms with E-state index in [4.69, 9.17) is 0 Å². The Morgan fingerprint density at radius 1 is 1.19 bits per heavy atom. The van der Waals surface area contributed by atoms with Crippen LogP contribution in [0.3, 0.4) is 0 Å². The fourth-order valence-electron chi connectivity index (χ4n) is 3.36. The fourth-order valence-corrected chi connectivity index (χ4v) is 7.03. The summed E-state index contributed by atoms with van der Waals surface area (Å²) in [5, 5.41) is 6.89. The van der Waals surface area contributed by atoms with Crippen LogP contribution in [0.2, 0.25) is 0 Å². The molecule has 0 amide bonds. The van der Waals surface area contributed by atoms with E-state index >= 15 is 0 Å². The molecular formula is C22H25N7O4S3. The molecule has 0 spiro atoms. The van der Waals surface area contributed by atoms with Crippen LogP contribution in [-0.4, -0.2) is 51.4 Å². The maximum absolute atomic E-state index is 12.5. The lowest BCUT2D eigenvalue weighted by atomic mass is 10.3. The lowest BCUT2D eigenvalue weighted by Crippen LogP contribution is -2.26. The van der Waals surface area contributed by atoms with E-state index in [0.717, 1.165) is 11.3 Å². The van der Waals surface area contributed by atoms with Crippen LogP contribution in [0.15, 0.2) is 39.6 Å². The highest BCUT2D eigenvalue weighted by atomic mass is 32.2. The second-order valence-corrected chi connectivity index (χ2v) is 12.8. The Morgan fingerprint density at radius 3 is 2.81 bits per heavy atom. The first kappa shape index (κ1) is 26.0. The molecule has 4 bridgehead atoms. The molecule has 14 heteroatoms. The zero-order valence-corrected chi connectivity index (χ0v) is 22.1. The first-order valence-corrected chi connectivity index (χ1v) is 14.8. The van der Waals surface area contributed by atoms with E-state index in [1.54, 1.807) is 32.2 Å². The molecule has 0 saturated carbocycles. The smallest absolute Gasteiger partial charge is 0.251 e. The molecule has 3 heterocycles. The Hall–Kier alpha value is -3.09. The lowest BCUT2D eigenvalue weighted by molar-refractivity contribution is 0.579. The van der Waals surface area contributed by atoms with Crippen molar-refractivity contribution in [2.75, 3.05) is 30.3 Å². The Bertz CT molecular complexity index is 1540. The number of aromatic nitrogens is 3. The van der Waals surface area contributed by atoms with E-state index < -0.39 is 20.0 Å². The Morgan fingerprint density at radius 2 is 2.03 bits per heavy atom. The lowest BCUT2D eigenvalue weighted by Gasteiger charge is -2.10. The summed E-state index contributed by atoms with van der Waals surface area (Å²) >= 11 is 1.13. The molecule has 190 valence electrons. The minimum Gasteiger partial charge on any atom is -0.369 e. The molecule has 0 radical (unpaired) electrons. The van der Waals surface area contributed by atoms with Crippen molar-refractivity contribution >= 4 is 48.8 Å². The van der Waals surface area contributed by atoms with Crippen LogP contribution in [0.25, 0.3) is 0 Å². The van der Waals surface area contributed by atoms with Crippen molar-refractivity contribution in [1.82, 2.24) is 24.4 Å². The minimum absolute atomic E-state index is 0.144. The molecule has 1 aromatic carbocycles. The number of hydrogen-bond donors (Lipinski definition) is 4. The summed E-state index contributed by atoms with van der Waals surface area (Å²) in [6.07, 6.45) is 2.37. The quantitative estimate of drug-likeness (QED) is 0.284. The Balaban J connectivity index is 1.47. The topological polar surface area (TPSA) is 155 Å². The van der Waals surface area contributed by atoms with Crippen LogP contribution >= 0.6 is 11.3 Å². The van der Waals surface area contributed by atoms with Gasteiger partial charge in [-0.3, -0.25) is 0 Å². The number of benzene rings is 1. The van der Waals surface area contributed by atoms with E-state index in [0.29, 0.717) is 40.7 Å². The van der Waals surface area contributed by atoms with Gasteiger partial charge in [0.05, 0.1) is 27.4 Å². The van der Waals surface area contributed by atoms with Gasteiger partial charge < -0.3 is 10.6 Å². The van der Waals surface area contributed by atoms with Gasteiger partial charge in [-0.05, 0) is 38.5 Å². The number of anilines is 3. The predicted molar refractivity (Wildman–Crippen MR) is 138 cm³/mol. The summed E-state index contributed by atoms with van der Waals surface area (Å²) in [6, 6.07) is 6.40. The maximum atomic E-state index is 12.5. The summed E-state index contributed by atoms with van der Waals surface area (Å²) in [5.41, 5.74) is 1.55. The van der Waals surface area contributed by atoms with Crippen LogP contribution in [-0.2, 0) is 20.0 Å². The molecule has 3 aromatic rings. The number of nitrogens with one attached hydrogen (secondary N) is 4. The van der Waals surface area contributed by atoms with Gasteiger partial charge in [0, 0.05) is 31.7 Å². The van der Waals surface area contributed by atoms with Crippen molar-refractivity contribution in [2.24, 2.45) is 0 Å². The van der Waals surface area contributed by atoms with Crippen LogP contribution in [0.1, 0.15) is 29.1 Å². The highest BCUT2D eigenvalue weighted by molar-refractivity contribution is 7.91. The third-order valence-corrected chi connectivity index (χ3v) is 9.60. The van der Waals surface area contributed by atoms with Crippen molar-refractivity contribution in [2.45, 2.75) is 35.8 Å². The first-order valence-electron chi connectivity index (χ1n) is 11.0. The normalized spacial score (nSPS) is 15.2. The zero-order chi connectivity index (χ0) is 25.8. The number of nitrogens with zero attached hydrogens (tertiary/aromatic N) is 3. The third-order valence-electron chi connectivity index (χ3n) is 5.00. The standard InChI is InChI=1S/C22H25N7O4S3/c1-15-21(34-16(2)27-15)36(32,33)26-11-4-3-7-17-14-24-22-28-18-8-5-9-19(13-18)35(30,31)25-12-6-10-23-20(17)29-22/h5,8-9,13-14,25-26H,4,6,10-12H2,1-2H3,(H2,23,24,28,29). The van der Waals surface area contributed by atoms with Crippen LogP contribution < -0.4 is 20.1 Å². The van der Waals surface area contributed by atoms with E-state index in [1.165, 1.54) is 12.1 Å². The molecule has 1 aliphatic rings. The summed E-state index contributed by atoms with van der Waals surface area (Å²) in [6.45, 7) is 4.29. The highest BCUT2D eigenvalue weighted by Gasteiger charge is 2.20. The van der Waals surface area contributed by atoms with Gasteiger partial charge in [0.2, 0.25) is 16.0 Å². The predicted octanol–water partition coefficient (Wildman–Crippen LogP) is 2.11.